The molecule has 1 N–H and O–H groups in total. The van der Waals surface area contributed by atoms with Crippen molar-refractivity contribution in [2.45, 2.75) is 69.4 Å². The molecule has 0 spiro atoms. The molecule has 8 rings (SSSR count). The van der Waals surface area contributed by atoms with Crippen LogP contribution in [0.3, 0.4) is 0 Å². The average molecular weight is 612 g/mol. The number of carbonyl (C=O) groups is 1. The molecule has 41 heavy (non-hydrogen) atoms. The van der Waals surface area contributed by atoms with Crippen LogP contribution in [-0.2, 0) is 11.3 Å². The highest BCUT2D eigenvalue weighted by Gasteiger charge is 2.46. The number of thiazole rings is 1. The van der Waals surface area contributed by atoms with Crippen LogP contribution in [-0.4, -0.2) is 50.6 Å². The van der Waals surface area contributed by atoms with E-state index in [1.54, 1.807) is 23.5 Å². The minimum atomic E-state index is -0.953. The van der Waals surface area contributed by atoms with Gasteiger partial charge < -0.3 is 19.5 Å². The van der Waals surface area contributed by atoms with Crippen LogP contribution in [0.25, 0.3) is 21.3 Å². The number of hydrogen-bond donors (Lipinski definition) is 1. The summed E-state index contributed by atoms with van der Waals surface area (Å²) in [5.74, 6) is 0.0244. The number of rotatable bonds is 9. The second kappa shape index (κ2) is 9.87. The van der Waals surface area contributed by atoms with Crippen molar-refractivity contribution in [3.63, 3.8) is 0 Å². The summed E-state index contributed by atoms with van der Waals surface area (Å²) in [5, 5.41) is 16.5. The molecular formula is C30H28Cl2N4O4S. The molecule has 4 fully saturated rings. The molecule has 3 aliphatic carbocycles. The number of aromatic carboxylic acids is 1. The van der Waals surface area contributed by atoms with Crippen LogP contribution in [0, 0.1) is 5.92 Å². The number of nitrogens with zero attached hydrogens (tertiary/aromatic N) is 4. The van der Waals surface area contributed by atoms with Gasteiger partial charge in [-0.05, 0) is 62.8 Å². The predicted octanol–water partition coefficient (Wildman–Crippen LogP) is 7.22. The summed E-state index contributed by atoms with van der Waals surface area (Å²) in [6, 6.07) is 9.65. The molecule has 0 unspecified atom stereocenters. The summed E-state index contributed by atoms with van der Waals surface area (Å²) in [6.45, 7) is 1.33. The lowest BCUT2D eigenvalue weighted by atomic mass is 10.0. The Balaban J connectivity index is 1.01. The van der Waals surface area contributed by atoms with Gasteiger partial charge in [-0.1, -0.05) is 40.6 Å². The summed E-state index contributed by atoms with van der Waals surface area (Å²) in [5.41, 5.74) is 3.79. The Hall–Kier alpha value is -2.85. The van der Waals surface area contributed by atoms with Gasteiger partial charge >= 0.3 is 5.97 Å². The first-order valence-corrected chi connectivity index (χ1v) is 15.7. The first-order valence-electron chi connectivity index (χ1n) is 14.2. The second-order valence-corrected chi connectivity index (χ2v) is 13.4. The van der Waals surface area contributed by atoms with Crippen LogP contribution < -0.4 is 9.64 Å². The third kappa shape index (κ3) is 4.67. The fourth-order valence-electron chi connectivity index (χ4n) is 6.35. The summed E-state index contributed by atoms with van der Waals surface area (Å²) in [6.07, 6.45) is 8.41. The van der Waals surface area contributed by atoms with E-state index in [1.165, 1.54) is 0 Å². The van der Waals surface area contributed by atoms with E-state index in [9.17, 15) is 9.90 Å². The maximum absolute atomic E-state index is 11.7. The number of fused-ring (bicyclic) bond motifs is 3. The van der Waals surface area contributed by atoms with E-state index < -0.39 is 5.97 Å². The van der Waals surface area contributed by atoms with E-state index >= 15 is 0 Å². The molecule has 1 saturated heterocycles. The zero-order valence-corrected chi connectivity index (χ0v) is 24.5. The maximum Gasteiger partial charge on any atom is 0.335 e. The van der Waals surface area contributed by atoms with Gasteiger partial charge in [-0.3, -0.25) is 4.68 Å². The van der Waals surface area contributed by atoms with E-state index in [1.807, 2.05) is 24.4 Å². The van der Waals surface area contributed by atoms with E-state index in [-0.39, 0.29) is 17.8 Å². The molecule has 3 atom stereocenters. The molecule has 4 aromatic rings. The number of aromatic nitrogens is 3. The van der Waals surface area contributed by atoms with Gasteiger partial charge in [0.25, 0.3) is 0 Å². The first kappa shape index (κ1) is 25.8. The standard InChI is InChI=1S/C30H28Cl2N4O4S/c31-21-2-1-3-22(32)27(21)20-12-33-36(17-4-5-17)23(20)14-39-24-11-18-8-16(24)13-35(18)30-34-28-25(40-19-6-7-19)9-15(29(37)38)10-26(28)41-30/h1-3,9-10,12,16-19,24H,4-8,11,13-14H2,(H,37,38)/t16-,18-,24+/m0/s1. The Kier molecular flexibility index (Phi) is 6.21. The highest BCUT2D eigenvalue weighted by molar-refractivity contribution is 7.22. The number of piperidine rings is 1. The number of halogens is 2. The van der Waals surface area contributed by atoms with Crippen molar-refractivity contribution < 1.29 is 19.4 Å². The third-order valence-electron chi connectivity index (χ3n) is 8.69. The zero-order chi connectivity index (χ0) is 27.8. The summed E-state index contributed by atoms with van der Waals surface area (Å²) in [7, 11) is 0. The van der Waals surface area contributed by atoms with Gasteiger partial charge in [0.2, 0.25) is 0 Å². The average Bonchev–Trinajstić information content (AvgIpc) is 3.77. The normalized spacial score (nSPS) is 23.6. The van der Waals surface area contributed by atoms with Crippen LogP contribution in [0.15, 0.2) is 36.5 Å². The number of hydrogen-bond acceptors (Lipinski definition) is 7. The van der Waals surface area contributed by atoms with Crippen LogP contribution in [0.5, 0.6) is 5.75 Å². The minimum absolute atomic E-state index is 0.148. The lowest BCUT2D eigenvalue weighted by Crippen LogP contribution is -2.38. The molecule has 212 valence electrons. The first-order chi connectivity index (χ1) is 19.9. The summed E-state index contributed by atoms with van der Waals surface area (Å²) in [4.78, 5) is 19.1. The van der Waals surface area contributed by atoms with Crippen molar-refractivity contribution in [3.8, 4) is 16.9 Å². The van der Waals surface area contributed by atoms with Crippen LogP contribution in [0.1, 0.15) is 60.6 Å². The van der Waals surface area contributed by atoms with E-state index in [4.69, 9.17) is 42.8 Å². The monoisotopic (exact) mass is 610 g/mol. The molecule has 3 saturated carbocycles. The number of ether oxygens (including phenoxy) is 2. The molecule has 3 heterocycles. The van der Waals surface area contributed by atoms with Crippen molar-refractivity contribution in [2.75, 3.05) is 11.4 Å². The second-order valence-electron chi connectivity index (χ2n) is 11.6. The van der Waals surface area contributed by atoms with Crippen LogP contribution >= 0.6 is 34.5 Å². The van der Waals surface area contributed by atoms with Crippen LogP contribution in [0.4, 0.5) is 5.13 Å². The maximum atomic E-state index is 11.7. The van der Waals surface area contributed by atoms with Gasteiger partial charge in [-0.2, -0.15) is 5.10 Å². The zero-order valence-electron chi connectivity index (χ0n) is 22.1. The lowest BCUT2D eigenvalue weighted by molar-refractivity contribution is 0.00958. The van der Waals surface area contributed by atoms with Gasteiger partial charge in [0.1, 0.15) is 11.3 Å². The number of anilines is 1. The number of benzene rings is 2. The molecule has 0 radical (unpaired) electrons. The molecule has 1 aliphatic heterocycles. The van der Waals surface area contributed by atoms with Gasteiger partial charge in [0, 0.05) is 29.6 Å². The third-order valence-corrected chi connectivity index (χ3v) is 10.4. The molecule has 2 aromatic heterocycles. The molecule has 8 nitrogen and oxygen atoms in total. The van der Waals surface area contributed by atoms with Crippen molar-refractivity contribution in [2.24, 2.45) is 5.92 Å². The summed E-state index contributed by atoms with van der Waals surface area (Å²) >= 11 is 14.7. The molecule has 11 heteroatoms. The van der Waals surface area contributed by atoms with Crippen molar-refractivity contribution in [1.29, 1.82) is 0 Å². The quantitative estimate of drug-likeness (QED) is 0.214. The van der Waals surface area contributed by atoms with E-state index in [0.29, 0.717) is 40.4 Å². The number of carboxylic acid groups (broad SMARTS) is 1. The van der Waals surface area contributed by atoms with Crippen molar-refractivity contribution >= 4 is 55.9 Å². The fraction of sp³-hybridized carbons (Fsp3) is 0.433. The predicted molar refractivity (Wildman–Crippen MR) is 159 cm³/mol. The van der Waals surface area contributed by atoms with Gasteiger partial charge in [-0.25, -0.2) is 9.78 Å². The summed E-state index contributed by atoms with van der Waals surface area (Å²) < 4.78 is 15.6. The van der Waals surface area contributed by atoms with Gasteiger partial charge in [0.05, 0.1) is 57.1 Å². The Morgan fingerprint density at radius 1 is 1.10 bits per heavy atom. The Bertz CT molecular complexity index is 1660. The molecular weight excluding hydrogens is 583 g/mol. The Morgan fingerprint density at radius 2 is 1.90 bits per heavy atom. The lowest BCUT2D eigenvalue weighted by Gasteiger charge is -2.31. The molecule has 2 aromatic carbocycles. The highest BCUT2D eigenvalue weighted by Crippen LogP contribution is 2.47. The topological polar surface area (TPSA) is 89.7 Å². The molecule has 4 aliphatic rings. The minimum Gasteiger partial charge on any atom is -0.488 e. The van der Waals surface area contributed by atoms with E-state index in [0.717, 1.165) is 77.2 Å². The van der Waals surface area contributed by atoms with Gasteiger partial charge in [0.15, 0.2) is 5.13 Å². The fourth-order valence-corrected chi connectivity index (χ4v) is 8.05. The Labute approximate surface area is 250 Å². The van der Waals surface area contributed by atoms with Crippen LogP contribution in [0.2, 0.25) is 10.0 Å². The van der Waals surface area contributed by atoms with Crippen molar-refractivity contribution in [3.05, 3.63) is 57.8 Å². The SMILES string of the molecule is O=C(O)c1cc(OC2CC2)c2nc(N3C[C@@H]4C[C@H]3C[C@H]4OCc3c(-c4c(Cl)cccc4Cl)cnn3C3CC3)sc2c1. The largest absolute Gasteiger partial charge is 0.488 e. The number of carboxylic acids is 1. The Morgan fingerprint density at radius 3 is 2.59 bits per heavy atom. The van der Waals surface area contributed by atoms with E-state index in [2.05, 4.69) is 9.58 Å². The molecule has 0 amide bonds. The molecule has 2 bridgehead atoms. The highest BCUT2D eigenvalue weighted by atomic mass is 35.5. The van der Waals surface area contributed by atoms with Crippen molar-refractivity contribution in [1.82, 2.24) is 14.8 Å². The van der Waals surface area contributed by atoms with Gasteiger partial charge in [-0.15, -0.1) is 0 Å². The smallest absolute Gasteiger partial charge is 0.335 e.